The number of rotatable bonds is 4. The van der Waals surface area contributed by atoms with Crippen LogP contribution in [0.25, 0.3) is 0 Å². The standard InChI is InChI=1S/C15H28N2O4/c1-6-16-12-8-9-17(14(19)21-15(3,4)5)10-11(12)13(18)20-7-2/h11-12,16H,6-10H2,1-5H3/t11-,12+/m0/s1. The van der Waals surface area contributed by atoms with Gasteiger partial charge in [-0.1, -0.05) is 6.92 Å². The van der Waals surface area contributed by atoms with Gasteiger partial charge in [-0.2, -0.15) is 0 Å². The van der Waals surface area contributed by atoms with E-state index >= 15 is 0 Å². The Hall–Kier alpha value is -1.30. The van der Waals surface area contributed by atoms with Crippen LogP contribution in [0.4, 0.5) is 4.79 Å². The van der Waals surface area contributed by atoms with Crippen LogP contribution in [-0.4, -0.2) is 54.8 Å². The van der Waals surface area contributed by atoms with Crippen molar-refractivity contribution in [2.75, 3.05) is 26.2 Å². The van der Waals surface area contributed by atoms with E-state index in [-0.39, 0.29) is 24.0 Å². The van der Waals surface area contributed by atoms with Crippen molar-refractivity contribution in [1.29, 1.82) is 0 Å². The molecule has 0 radical (unpaired) electrons. The lowest BCUT2D eigenvalue weighted by molar-refractivity contribution is -0.150. The fraction of sp³-hybridized carbons (Fsp3) is 0.867. The summed E-state index contributed by atoms with van der Waals surface area (Å²) >= 11 is 0. The van der Waals surface area contributed by atoms with E-state index in [2.05, 4.69) is 5.32 Å². The summed E-state index contributed by atoms with van der Waals surface area (Å²) in [5.41, 5.74) is -0.533. The number of piperidine rings is 1. The molecule has 0 unspecified atom stereocenters. The molecule has 1 saturated heterocycles. The first-order valence-corrected chi connectivity index (χ1v) is 7.66. The van der Waals surface area contributed by atoms with Crippen LogP contribution < -0.4 is 5.32 Å². The number of nitrogens with zero attached hydrogens (tertiary/aromatic N) is 1. The predicted molar refractivity (Wildman–Crippen MR) is 80.0 cm³/mol. The molecule has 2 atom stereocenters. The molecule has 1 fully saturated rings. The molecule has 0 aliphatic carbocycles. The lowest BCUT2D eigenvalue weighted by Gasteiger charge is -2.38. The Morgan fingerprint density at radius 2 is 1.95 bits per heavy atom. The maximum Gasteiger partial charge on any atom is 0.410 e. The van der Waals surface area contributed by atoms with Crippen molar-refractivity contribution in [3.63, 3.8) is 0 Å². The second kappa shape index (κ2) is 7.64. The smallest absolute Gasteiger partial charge is 0.410 e. The number of carbonyl (C=O) groups is 2. The summed E-state index contributed by atoms with van der Waals surface area (Å²) < 4.78 is 10.5. The van der Waals surface area contributed by atoms with Gasteiger partial charge >= 0.3 is 12.1 Å². The van der Waals surface area contributed by atoms with Crippen LogP contribution in [0.1, 0.15) is 41.0 Å². The number of hydrogen-bond donors (Lipinski definition) is 1. The molecule has 0 spiro atoms. The van der Waals surface area contributed by atoms with Crippen molar-refractivity contribution in [2.24, 2.45) is 5.92 Å². The van der Waals surface area contributed by atoms with Crippen LogP contribution in [-0.2, 0) is 14.3 Å². The van der Waals surface area contributed by atoms with Gasteiger partial charge in [0, 0.05) is 19.1 Å². The maximum absolute atomic E-state index is 12.1. The second-order valence-electron chi connectivity index (χ2n) is 6.24. The zero-order chi connectivity index (χ0) is 16.0. The largest absolute Gasteiger partial charge is 0.466 e. The quantitative estimate of drug-likeness (QED) is 0.802. The number of ether oxygens (including phenoxy) is 2. The van der Waals surface area contributed by atoms with E-state index in [0.29, 0.717) is 19.7 Å². The van der Waals surface area contributed by atoms with Crippen molar-refractivity contribution in [3.05, 3.63) is 0 Å². The minimum absolute atomic E-state index is 0.0488. The molecule has 1 amide bonds. The molecule has 21 heavy (non-hydrogen) atoms. The van der Waals surface area contributed by atoms with Gasteiger partial charge in [0.05, 0.1) is 12.5 Å². The van der Waals surface area contributed by atoms with Crippen LogP contribution in [0.15, 0.2) is 0 Å². The minimum Gasteiger partial charge on any atom is -0.466 e. The Morgan fingerprint density at radius 1 is 1.29 bits per heavy atom. The van der Waals surface area contributed by atoms with Crippen molar-refractivity contribution in [1.82, 2.24) is 10.2 Å². The molecule has 0 bridgehead atoms. The van der Waals surface area contributed by atoms with Crippen LogP contribution in [0.2, 0.25) is 0 Å². The molecule has 0 saturated carbocycles. The first kappa shape index (κ1) is 17.8. The zero-order valence-electron chi connectivity index (χ0n) is 13.8. The van der Waals surface area contributed by atoms with E-state index in [0.717, 1.165) is 13.0 Å². The Labute approximate surface area is 127 Å². The summed E-state index contributed by atoms with van der Waals surface area (Å²) in [6.45, 7) is 11.3. The summed E-state index contributed by atoms with van der Waals surface area (Å²) in [6, 6.07) is 0.0488. The highest BCUT2D eigenvalue weighted by Gasteiger charge is 2.37. The molecule has 1 aliphatic rings. The molecule has 0 aromatic heterocycles. The minimum atomic E-state index is -0.533. The molecule has 1 aliphatic heterocycles. The van der Waals surface area contributed by atoms with Crippen molar-refractivity contribution < 1.29 is 19.1 Å². The van der Waals surface area contributed by atoms with Gasteiger partial charge in [-0.3, -0.25) is 4.79 Å². The van der Waals surface area contributed by atoms with Crippen molar-refractivity contribution in [2.45, 2.75) is 52.7 Å². The summed E-state index contributed by atoms with van der Waals surface area (Å²) in [4.78, 5) is 25.8. The molecule has 122 valence electrons. The highest BCUT2D eigenvalue weighted by Crippen LogP contribution is 2.21. The third-order valence-electron chi connectivity index (χ3n) is 3.32. The summed E-state index contributed by atoms with van der Waals surface area (Å²) in [7, 11) is 0. The fourth-order valence-corrected chi connectivity index (χ4v) is 2.44. The number of esters is 1. The van der Waals surface area contributed by atoms with E-state index in [1.165, 1.54) is 0 Å². The first-order valence-electron chi connectivity index (χ1n) is 7.66. The van der Waals surface area contributed by atoms with E-state index in [4.69, 9.17) is 9.47 Å². The second-order valence-corrected chi connectivity index (χ2v) is 6.24. The van der Waals surface area contributed by atoms with Crippen LogP contribution in [0.5, 0.6) is 0 Å². The third-order valence-corrected chi connectivity index (χ3v) is 3.32. The first-order chi connectivity index (χ1) is 9.78. The Kier molecular flexibility index (Phi) is 6.45. The molecule has 6 nitrogen and oxygen atoms in total. The lowest BCUT2D eigenvalue weighted by Crippen LogP contribution is -2.54. The van der Waals surface area contributed by atoms with Gasteiger partial charge in [0.25, 0.3) is 0 Å². The number of hydrogen-bond acceptors (Lipinski definition) is 5. The van der Waals surface area contributed by atoms with Crippen LogP contribution in [0.3, 0.4) is 0 Å². The fourth-order valence-electron chi connectivity index (χ4n) is 2.44. The molecule has 1 N–H and O–H groups in total. The topological polar surface area (TPSA) is 67.9 Å². The molecule has 6 heteroatoms. The highest BCUT2D eigenvalue weighted by molar-refractivity contribution is 5.75. The van der Waals surface area contributed by atoms with Gasteiger partial charge in [-0.15, -0.1) is 0 Å². The number of nitrogens with one attached hydrogen (secondary N) is 1. The van der Waals surface area contributed by atoms with Gasteiger partial charge in [0.2, 0.25) is 0 Å². The SMILES string of the molecule is CCN[C@@H]1CCN(C(=O)OC(C)(C)C)C[C@@H]1C(=O)OCC. The molecule has 0 aromatic rings. The lowest BCUT2D eigenvalue weighted by atomic mass is 9.92. The van der Waals surface area contributed by atoms with E-state index in [1.807, 2.05) is 27.7 Å². The Morgan fingerprint density at radius 3 is 2.48 bits per heavy atom. The van der Waals surface area contributed by atoms with Gasteiger partial charge < -0.3 is 19.7 Å². The molecule has 1 heterocycles. The zero-order valence-corrected chi connectivity index (χ0v) is 13.8. The number of carbonyl (C=O) groups excluding carboxylic acids is 2. The van der Waals surface area contributed by atoms with Crippen molar-refractivity contribution >= 4 is 12.1 Å². The monoisotopic (exact) mass is 300 g/mol. The third kappa shape index (κ3) is 5.53. The predicted octanol–water partition coefficient (Wildman–Crippen LogP) is 1.78. The van der Waals surface area contributed by atoms with Gasteiger partial charge in [0.1, 0.15) is 5.60 Å². The summed E-state index contributed by atoms with van der Waals surface area (Å²) in [5.74, 6) is -0.595. The van der Waals surface area contributed by atoms with E-state index in [9.17, 15) is 9.59 Å². The number of amides is 1. The molecular formula is C15H28N2O4. The average Bonchev–Trinajstić information content (AvgIpc) is 2.37. The molecule has 1 rings (SSSR count). The van der Waals surface area contributed by atoms with E-state index < -0.39 is 5.60 Å². The normalized spacial score (nSPS) is 22.8. The summed E-state index contributed by atoms with van der Waals surface area (Å²) in [5, 5.41) is 3.30. The number of likely N-dealkylation sites (tertiary alicyclic amines) is 1. The Balaban J connectivity index is 2.72. The van der Waals surface area contributed by atoms with Gasteiger partial charge in [-0.05, 0) is 40.7 Å². The maximum atomic E-state index is 12.1. The molecular weight excluding hydrogens is 272 g/mol. The van der Waals surface area contributed by atoms with Crippen molar-refractivity contribution in [3.8, 4) is 0 Å². The Bertz CT molecular complexity index is 365. The van der Waals surface area contributed by atoms with Gasteiger partial charge in [-0.25, -0.2) is 4.79 Å². The van der Waals surface area contributed by atoms with Crippen LogP contribution in [0, 0.1) is 5.92 Å². The average molecular weight is 300 g/mol. The van der Waals surface area contributed by atoms with E-state index in [1.54, 1.807) is 11.8 Å². The summed E-state index contributed by atoms with van der Waals surface area (Å²) in [6.07, 6.45) is 0.350. The molecule has 0 aromatic carbocycles. The highest BCUT2D eigenvalue weighted by atomic mass is 16.6. The van der Waals surface area contributed by atoms with Gasteiger partial charge in [0.15, 0.2) is 0 Å². The van der Waals surface area contributed by atoms with Crippen LogP contribution >= 0.6 is 0 Å².